The van der Waals surface area contributed by atoms with Gasteiger partial charge in [-0.3, -0.25) is 0 Å². The highest BCUT2D eigenvalue weighted by Crippen LogP contribution is 2.12. The van der Waals surface area contributed by atoms with Gasteiger partial charge in [0.2, 0.25) is 0 Å². The van der Waals surface area contributed by atoms with E-state index in [4.69, 9.17) is 9.84 Å². The zero-order valence-corrected chi connectivity index (χ0v) is 12.3. The molecule has 20 heavy (non-hydrogen) atoms. The van der Waals surface area contributed by atoms with Gasteiger partial charge in [-0.15, -0.1) is 0 Å². The van der Waals surface area contributed by atoms with E-state index >= 15 is 0 Å². The number of ether oxygens (including phenoxy) is 1. The van der Waals surface area contributed by atoms with E-state index in [0.29, 0.717) is 13.0 Å². The van der Waals surface area contributed by atoms with Crippen molar-refractivity contribution < 1.29 is 14.6 Å². The van der Waals surface area contributed by atoms with E-state index in [-0.39, 0.29) is 24.7 Å². The lowest BCUT2D eigenvalue weighted by Gasteiger charge is -2.18. The second kappa shape index (κ2) is 8.43. The Balaban J connectivity index is 2.29. The van der Waals surface area contributed by atoms with E-state index in [1.165, 1.54) is 0 Å². The van der Waals surface area contributed by atoms with Crippen molar-refractivity contribution in [2.75, 3.05) is 13.2 Å². The number of rotatable bonds is 7. The highest BCUT2D eigenvalue weighted by Gasteiger charge is 2.10. The first kappa shape index (κ1) is 16.3. The Labute approximate surface area is 120 Å². The van der Waals surface area contributed by atoms with Gasteiger partial charge in [-0.25, -0.2) is 4.79 Å². The number of aliphatic hydroxyl groups excluding tert-OH is 1. The third-order valence-electron chi connectivity index (χ3n) is 2.81. The molecule has 2 amide bonds. The molecular weight excluding hydrogens is 256 g/mol. The van der Waals surface area contributed by atoms with Gasteiger partial charge in [0.1, 0.15) is 12.4 Å². The fraction of sp³-hybridized carbons (Fsp3) is 0.533. The summed E-state index contributed by atoms with van der Waals surface area (Å²) < 4.78 is 5.62. The molecule has 3 N–H and O–H groups in total. The van der Waals surface area contributed by atoms with Crippen molar-refractivity contribution in [2.24, 2.45) is 0 Å². The Morgan fingerprint density at radius 1 is 1.30 bits per heavy atom. The van der Waals surface area contributed by atoms with Gasteiger partial charge in [0.15, 0.2) is 0 Å². The predicted molar refractivity (Wildman–Crippen MR) is 79.0 cm³/mol. The van der Waals surface area contributed by atoms with E-state index < -0.39 is 0 Å². The molecule has 0 bridgehead atoms. The largest absolute Gasteiger partial charge is 0.491 e. The minimum absolute atomic E-state index is 0.0510. The third-order valence-corrected chi connectivity index (χ3v) is 2.81. The molecule has 0 heterocycles. The normalized spacial score (nSPS) is 13.4. The lowest BCUT2D eigenvalue weighted by atomic mass is 10.2. The zero-order valence-electron chi connectivity index (χ0n) is 12.3. The molecule has 5 heteroatoms. The van der Waals surface area contributed by atoms with Gasteiger partial charge in [0.25, 0.3) is 0 Å². The van der Waals surface area contributed by atoms with Gasteiger partial charge < -0.3 is 20.5 Å². The quantitative estimate of drug-likeness (QED) is 0.713. The van der Waals surface area contributed by atoms with Crippen molar-refractivity contribution in [3.8, 4) is 5.75 Å². The standard InChI is InChI=1S/C15H24N2O3/c1-11-5-4-6-14(9-11)20-10-13(3)17-15(19)16-12(2)7-8-18/h4-6,9,12-13,18H,7-8,10H2,1-3H3,(H2,16,17,19)/t12-,13?/m1/s1. The first-order valence-corrected chi connectivity index (χ1v) is 6.88. The number of aryl methyl sites for hydroxylation is 1. The summed E-state index contributed by atoms with van der Waals surface area (Å²) in [6.07, 6.45) is 0.543. The third kappa shape index (κ3) is 6.43. The first-order valence-electron chi connectivity index (χ1n) is 6.88. The highest BCUT2D eigenvalue weighted by atomic mass is 16.5. The molecule has 2 atom stereocenters. The van der Waals surface area contributed by atoms with Crippen LogP contribution in [0.5, 0.6) is 5.75 Å². The SMILES string of the molecule is Cc1cccc(OCC(C)NC(=O)N[C@H](C)CCO)c1. The summed E-state index contributed by atoms with van der Waals surface area (Å²) in [6.45, 7) is 6.21. The summed E-state index contributed by atoms with van der Waals surface area (Å²) in [7, 11) is 0. The van der Waals surface area contributed by atoms with E-state index in [1.54, 1.807) is 0 Å². The van der Waals surface area contributed by atoms with Crippen LogP contribution in [0.1, 0.15) is 25.8 Å². The molecule has 112 valence electrons. The Hall–Kier alpha value is -1.75. The number of aliphatic hydroxyl groups is 1. The monoisotopic (exact) mass is 280 g/mol. The van der Waals surface area contributed by atoms with E-state index in [9.17, 15) is 4.79 Å². The van der Waals surface area contributed by atoms with Crippen LogP contribution in [-0.4, -0.2) is 36.4 Å². The average molecular weight is 280 g/mol. The Bertz CT molecular complexity index is 423. The molecule has 0 radical (unpaired) electrons. The first-order chi connectivity index (χ1) is 9.51. The Morgan fingerprint density at radius 2 is 2.00 bits per heavy atom. The van der Waals surface area contributed by atoms with Crippen molar-refractivity contribution in [2.45, 2.75) is 39.3 Å². The van der Waals surface area contributed by atoms with Crippen molar-refractivity contribution >= 4 is 6.03 Å². The maximum Gasteiger partial charge on any atom is 0.315 e. The summed E-state index contributed by atoms with van der Waals surface area (Å²) >= 11 is 0. The maximum absolute atomic E-state index is 11.6. The molecule has 0 aliphatic heterocycles. The molecular formula is C15H24N2O3. The molecule has 0 aromatic heterocycles. The second-order valence-corrected chi connectivity index (χ2v) is 5.06. The maximum atomic E-state index is 11.6. The molecule has 1 aromatic rings. The molecule has 0 fully saturated rings. The van der Waals surface area contributed by atoms with Crippen LogP contribution in [-0.2, 0) is 0 Å². The van der Waals surface area contributed by atoms with Crippen LogP contribution in [0.4, 0.5) is 4.79 Å². The van der Waals surface area contributed by atoms with E-state index in [2.05, 4.69) is 10.6 Å². The van der Waals surface area contributed by atoms with Gasteiger partial charge in [0.05, 0.1) is 6.04 Å². The highest BCUT2D eigenvalue weighted by molar-refractivity contribution is 5.74. The van der Waals surface area contributed by atoms with E-state index in [1.807, 2.05) is 45.0 Å². The van der Waals surface area contributed by atoms with Crippen LogP contribution in [0.15, 0.2) is 24.3 Å². The number of amides is 2. The van der Waals surface area contributed by atoms with Gasteiger partial charge >= 0.3 is 6.03 Å². The minimum atomic E-state index is -0.244. The molecule has 1 unspecified atom stereocenters. The van der Waals surface area contributed by atoms with Crippen LogP contribution >= 0.6 is 0 Å². The van der Waals surface area contributed by atoms with Crippen molar-refractivity contribution in [1.82, 2.24) is 10.6 Å². The summed E-state index contributed by atoms with van der Waals surface area (Å²) in [5.41, 5.74) is 1.14. The topological polar surface area (TPSA) is 70.6 Å². The van der Waals surface area contributed by atoms with Crippen LogP contribution < -0.4 is 15.4 Å². The van der Waals surface area contributed by atoms with Crippen molar-refractivity contribution in [3.63, 3.8) is 0 Å². The second-order valence-electron chi connectivity index (χ2n) is 5.06. The van der Waals surface area contributed by atoms with Gasteiger partial charge in [0, 0.05) is 12.6 Å². The number of urea groups is 1. The van der Waals surface area contributed by atoms with Crippen LogP contribution in [0, 0.1) is 6.92 Å². The van der Waals surface area contributed by atoms with Crippen molar-refractivity contribution in [3.05, 3.63) is 29.8 Å². The number of hydrogen-bond donors (Lipinski definition) is 3. The number of hydrogen-bond acceptors (Lipinski definition) is 3. The number of nitrogens with one attached hydrogen (secondary N) is 2. The Morgan fingerprint density at radius 3 is 2.65 bits per heavy atom. The molecule has 1 aromatic carbocycles. The molecule has 0 spiro atoms. The molecule has 0 saturated heterocycles. The lowest BCUT2D eigenvalue weighted by molar-refractivity contribution is 0.219. The number of carbonyl (C=O) groups excluding carboxylic acids is 1. The van der Waals surface area contributed by atoms with Gasteiger partial charge in [-0.05, 0) is 44.9 Å². The fourth-order valence-corrected chi connectivity index (χ4v) is 1.72. The van der Waals surface area contributed by atoms with E-state index in [0.717, 1.165) is 11.3 Å². The summed E-state index contributed by atoms with van der Waals surface area (Å²) in [5, 5.41) is 14.3. The smallest absolute Gasteiger partial charge is 0.315 e. The van der Waals surface area contributed by atoms with Gasteiger partial charge in [-0.1, -0.05) is 12.1 Å². The lowest BCUT2D eigenvalue weighted by Crippen LogP contribution is -2.46. The number of carbonyl (C=O) groups is 1. The molecule has 0 aliphatic carbocycles. The average Bonchev–Trinajstić information content (AvgIpc) is 2.36. The predicted octanol–water partition coefficient (Wildman–Crippen LogP) is 1.83. The fourth-order valence-electron chi connectivity index (χ4n) is 1.72. The summed E-state index contributed by atoms with van der Waals surface area (Å²) in [6, 6.07) is 7.39. The van der Waals surface area contributed by atoms with Crippen LogP contribution in [0.25, 0.3) is 0 Å². The molecule has 5 nitrogen and oxygen atoms in total. The van der Waals surface area contributed by atoms with Crippen LogP contribution in [0.2, 0.25) is 0 Å². The van der Waals surface area contributed by atoms with Crippen LogP contribution in [0.3, 0.4) is 0 Å². The molecule has 0 aliphatic rings. The molecule has 1 rings (SSSR count). The summed E-state index contributed by atoms with van der Waals surface area (Å²) in [5.74, 6) is 0.799. The zero-order chi connectivity index (χ0) is 15.0. The number of benzene rings is 1. The molecule has 0 saturated carbocycles. The van der Waals surface area contributed by atoms with Gasteiger partial charge in [-0.2, -0.15) is 0 Å². The van der Waals surface area contributed by atoms with Crippen molar-refractivity contribution in [1.29, 1.82) is 0 Å². The summed E-state index contributed by atoms with van der Waals surface area (Å²) in [4.78, 5) is 11.6. The minimum Gasteiger partial charge on any atom is -0.491 e. The Kier molecular flexibility index (Phi) is 6.87.